The Morgan fingerprint density at radius 1 is 1.46 bits per heavy atom. The lowest BCUT2D eigenvalue weighted by Crippen LogP contribution is -2.41. The molecule has 9 nitrogen and oxygen atoms in total. The van der Waals surface area contributed by atoms with E-state index < -0.39 is 26.4 Å². The zero-order valence-corrected chi connectivity index (χ0v) is 14.7. The summed E-state index contributed by atoms with van der Waals surface area (Å²) in [5, 5.41) is 22.3. The van der Waals surface area contributed by atoms with Crippen LogP contribution < -0.4 is 5.32 Å². The highest BCUT2D eigenvalue weighted by Crippen LogP contribution is 2.38. The molecule has 136 valence electrons. The number of carboxylic acid groups (broad SMARTS) is 1. The Labute approximate surface area is 139 Å². The molecule has 1 heterocycles. The van der Waals surface area contributed by atoms with Crippen LogP contribution in [-0.4, -0.2) is 37.0 Å². The lowest BCUT2D eigenvalue weighted by Gasteiger charge is -2.21. The van der Waals surface area contributed by atoms with Crippen LogP contribution in [0.2, 0.25) is 0 Å². The number of aromatic nitrogens is 1. The molecule has 0 unspecified atom stereocenters. The number of carbonyl (C=O) groups is 1. The minimum absolute atomic E-state index is 0.00362. The van der Waals surface area contributed by atoms with E-state index in [1.54, 1.807) is 13.8 Å². The minimum atomic E-state index is -4.68. The second-order valence-electron chi connectivity index (χ2n) is 5.54. The molecule has 0 amide bonds. The lowest BCUT2D eigenvalue weighted by molar-refractivity contribution is -0.140. The summed E-state index contributed by atoms with van der Waals surface area (Å²) >= 11 is 0. The van der Waals surface area contributed by atoms with Gasteiger partial charge in [-0.1, -0.05) is 20.3 Å². The van der Waals surface area contributed by atoms with Crippen LogP contribution in [0.4, 0.5) is 0 Å². The summed E-state index contributed by atoms with van der Waals surface area (Å²) in [5.41, 5.74) is 0.884. The average Bonchev–Trinajstić information content (AvgIpc) is 2.48. The second kappa shape index (κ2) is 8.55. The molecule has 0 saturated carbocycles. The van der Waals surface area contributed by atoms with Crippen molar-refractivity contribution in [3.8, 4) is 5.75 Å². The maximum Gasteiger partial charge on any atom is 0.469 e. The first-order valence-electron chi connectivity index (χ1n) is 7.39. The maximum atomic E-state index is 11.4. The first kappa shape index (κ1) is 20.5. The highest BCUT2D eigenvalue weighted by atomic mass is 31.2. The van der Waals surface area contributed by atoms with Crippen LogP contribution >= 0.6 is 7.82 Å². The number of aryl methyl sites for hydroxylation is 1. The number of aromatic hydroxyl groups is 1. The maximum absolute atomic E-state index is 11.4. The van der Waals surface area contributed by atoms with Gasteiger partial charge in [0, 0.05) is 23.9 Å². The van der Waals surface area contributed by atoms with E-state index in [1.807, 2.05) is 6.92 Å². The Balaban J connectivity index is 3.01. The van der Waals surface area contributed by atoms with Crippen LogP contribution in [0.25, 0.3) is 0 Å². The quantitative estimate of drug-likeness (QED) is 0.410. The van der Waals surface area contributed by atoms with E-state index in [-0.39, 0.29) is 23.8 Å². The molecule has 0 aromatic carbocycles. The van der Waals surface area contributed by atoms with Gasteiger partial charge in [0.2, 0.25) is 0 Å². The molecule has 0 bridgehead atoms. The van der Waals surface area contributed by atoms with Crippen LogP contribution in [0.1, 0.15) is 37.1 Å². The van der Waals surface area contributed by atoms with Gasteiger partial charge in [0.05, 0.1) is 12.3 Å². The van der Waals surface area contributed by atoms with Gasteiger partial charge >= 0.3 is 13.8 Å². The third-order valence-corrected chi connectivity index (χ3v) is 4.26. The number of aliphatic carboxylic acids is 1. The number of phosphoric ester groups is 1. The molecule has 1 aromatic heterocycles. The van der Waals surface area contributed by atoms with Crippen molar-refractivity contribution in [2.24, 2.45) is 5.92 Å². The SMILES string of the molecule is CC[C@@H](C)[C@H](NCc1c(COP(=O)(O)O)cnc(C)c1O)C(=O)O. The Kier molecular flexibility index (Phi) is 7.31. The predicted octanol–water partition coefficient (Wildman–Crippen LogP) is 1.29. The van der Waals surface area contributed by atoms with Crippen molar-refractivity contribution in [3.63, 3.8) is 0 Å². The van der Waals surface area contributed by atoms with Crippen LogP contribution in [0.5, 0.6) is 5.75 Å². The van der Waals surface area contributed by atoms with Crippen molar-refractivity contribution >= 4 is 13.8 Å². The number of nitrogens with one attached hydrogen (secondary N) is 1. The van der Waals surface area contributed by atoms with E-state index >= 15 is 0 Å². The molecular weight excluding hydrogens is 339 g/mol. The van der Waals surface area contributed by atoms with E-state index in [2.05, 4.69) is 14.8 Å². The summed E-state index contributed by atoms with van der Waals surface area (Å²) < 4.78 is 15.3. The zero-order valence-electron chi connectivity index (χ0n) is 13.8. The van der Waals surface area contributed by atoms with Gasteiger partial charge in [-0.15, -0.1) is 0 Å². The molecule has 0 radical (unpaired) electrons. The number of pyridine rings is 1. The summed E-state index contributed by atoms with van der Waals surface area (Å²) in [5.74, 6) is -1.31. The highest BCUT2D eigenvalue weighted by Gasteiger charge is 2.24. The first-order valence-corrected chi connectivity index (χ1v) is 8.92. The van der Waals surface area contributed by atoms with Gasteiger partial charge in [-0.25, -0.2) is 4.57 Å². The van der Waals surface area contributed by atoms with Gasteiger partial charge in [0.15, 0.2) is 0 Å². The molecule has 0 aliphatic carbocycles. The predicted molar refractivity (Wildman–Crippen MR) is 85.2 cm³/mol. The van der Waals surface area contributed by atoms with Crippen LogP contribution in [0.3, 0.4) is 0 Å². The molecule has 1 aromatic rings. The number of rotatable bonds is 9. The van der Waals surface area contributed by atoms with Crippen molar-refractivity contribution in [1.29, 1.82) is 0 Å². The van der Waals surface area contributed by atoms with Crippen molar-refractivity contribution in [3.05, 3.63) is 23.0 Å². The van der Waals surface area contributed by atoms with Crippen molar-refractivity contribution in [2.45, 2.75) is 46.4 Å². The zero-order chi connectivity index (χ0) is 18.5. The smallest absolute Gasteiger partial charge is 0.469 e. The Morgan fingerprint density at radius 3 is 2.58 bits per heavy atom. The fourth-order valence-electron chi connectivity index (χ4n) is 2.14. The molecule has 10 heteroatoms. The largest absolute Gasteiger partial charge is 0.506 e. The second-order valence-corrected chi connectivity index (χ2v) is 6.78. The number of carboxylic acids is 1. The fourth-order valence-corrected chi connectivity index (χ4v) is 2.45. The van der Waals surface area contributed by atoms with Crippen molar-refractivity contribution < 1.29 is 33.9 Å². The topological polar surface area (TPSA) is 149 Å². The molecule has 0 fully saturated rings. The van der Waals surface area contributed by atoms with Gasteiger partial charge in [-0.3, -0.25) is 19.6 Å². The highest BCUT2D eigenvalue weighted by molar-refractivity contribution is 7.46. The summed E-state index contributed by atoms with van der Waals surface area (Å²) in [4.78, 5) is 32.9. The third kappa shape index (κ3) is 5.85. The summed E-state index contributed by atoms with van der Waals surface area (Å²) in [6.07, 6.45) is 1.99. The molecule has 0 spiro atoms. The number of phosphoric acid groups is 1. The van der Waals surface area contributed by atoms with Crippen LogP contribution in [-0.2, 0) is 27.0 Å². The fraction of sp³-hybridized carbons (Fsp3) is 0.571. The first-order chi connectivity index (χ1) is 11.1. The number of nitrogens with zero attached hydrogens (tertiary/aromatic N) is 1. The van der Waals surface area contributed by atoms with Gasteiger partial charge < -0.3 is 20.0 Å². The standard InChI is InChI=1S/C14H23N2O7P/c1-4-8(2)12(14(18)19)16-6-11-10(7-23-24(20,21)22)5-15-9(3)13(11)17/h5,8,12,16-17H,4,6-7H2,1-3H3,(H,18,19)(H2,20,21,22)/t8-,12+/m1/s1. The van der Waals surface area contributed by atoms with Gasteiger partial charge in [-0.2, -0.15) is 0 Å². The van der Waals surface area contributed by atoms with E-state index in [0.29, 0.717) is 17.7 Å². The summed E-state index contributed by atoms with van der Waals surface area (Å²) in [6.45, 7) is 4.77. The molecular formula is C14H23N2O7P. The minimum Gasteiger partial charge on any atom is -0.506 e. The van der Waals surface area contributed by atoms with E-state index in [1.165, 1.54) is 6.20 Å². The third-order valence-electron chi connectivity index (χ3n) is 3.80. The summed E-state index contributed by atoms with van der Waals surface area (Å²) in [7, 11) is -4.68. The van der Waals surface area contributed by atoms with Gasteiger partial charge in [-0.05, 0) is 12.8 Å². The molecule has 1 rings (SSSR count). The van der Waals surface area contributed by atoms with Crippen LogP contribution in [0, 0.1) is 12.8 Å². The molecule has 2 atom stereocenters. The van der Waals surface area contributed by atoms with Crippen molar-refractivity contribution in [2.75, 3.05) is 0 Å². The Morgan fingerprint density at radius 2 is 2.08 bits per heavy atom. The number of hydrogen-bond donors (Lipinski definition) is 5. The van der Waals surface area contributed by atoms with Crippen LogP contribution in [0.15, 0.2) is 6.20 Å². The van der Waals surface area contributed by atoms with Gasteiger partial charge in [0.25, 0.3) is 0 Å². The lowest BCUT2D eigenvalue weighted by atomic mass is 9.98. The molecule has 0 saturated heterocycles. The Bertz CT molecular complexity index is 632. The average molecular weight is 362 g/mol. The van der Waals surface area contributed by atoms with E-state index in [4.69, 9.17) is 9.79 Å². The summed E-state index contributed by atoms with van der Waals surface area (Å²) in [6, 6.07) is -0.821. The molecule has 24 heavy (non-hydrogen) atoms. The normalized spacial score (nSPS) is 14.4. The monoisotopic (exact) mass is 362 g/mol. The molecule has 0 aliphatic rings. The van der Waals surface area contributed by atoms with E-state index in [9.17, 15) is 19.6 Å². The van der Waals surface area contributed by atoms with Gasteiger partial charge in [0.1, 0.15) is 11.8 Å². The van der Waals surface area contributed by atoms with E-state index in [0.717, 1.165) is 0 Å². The van der Waals surface area contributed by atoms with Crippen molar-refractivity contribution in [1.82, 2.24) is 10.3 Å². The number of hydrogen-bond acceptors (Lipinski definition) is 6. The molecule has 0 aliphatic heterocycles. The Hall–Kier alpha value is -1.51. The molecule has 5 N–H and O–H groups in total.